The van der Waals surface area contributed by atoms with Crippen LogP contribution in [0.25, 0.3) is 0 Å². The van der Waals surface area contributed by atoms with Crippen LogP contribution in [0.4, 0.5) is 0 Å². The quantitative estimate of drug-likeness (QED) is 0.205. The average Bonchev–Trinajstić information content (AvgIpc) is 2.54. The van der Waals surface area contributed by atoms with Crippen LogP contribution in [0.1, 0.15) is 71.1 Å². The summed E-state index contributed by atoms with van der Waals surface area (Å²) < 4.78 is 0. The van der Waals surface area contributed by atoms with Crippen LogP contribution in [0.3, 0.4) is 0 Å². The van der Waals surface area contributed by atoms with Gasteiger partial charge in [0.25, 0.3) is 0 Å². The van der Waals surface area contributed by atoms with E-state index in [1.54, 1.807) is 0 Å². The van der Waals surface area contributed by atoms with Gasteiger partial charge in [-0.25, -0.2) is 9.59 Å². The SMILES string of the molecule is CCCCCCCCCCCC(C(=O)O)C(=O)O.O=C(O)/C=C/C(=O)O. The van der Waals surface area contributed by atoms with E-state index in [0.717, 1.165) is 12.8 Å². The van der Waals surface area contributed by atoms with Gasteiger partial charge in [-0.2, -0.15) is 0 Å². The first-order valence-corrected chi connectivity index (χ1v) is 8.81. The fourth-order valence-electron chi connectivity index (χ4n) is 2.15. The van der Waals surface area contributed by atoms with Gasteiger partial charge in [0.1, 0.15) is 0 Å². The first-order chi connectivity index (χ1) is 12.2. The number of aliphatic carboxylic acids is 4. The van der Waals surface area contributed by atoms with E-state index < -0.39 is 29.8 Å². The normalized spacial score (nSPS) is 10.4. The van der Waals surface area contributed by atoms with E-state index >= 15 is 0 Å². The zero-order valence-electron chi connectivity index (χ0n) is 15.2. The van der Waals surface area contributed by atoms with Crippen LogP contribution < -0.4 is 0 Å². The van der Waals surface area contributed by atoms with Crippen LogP contribution in [0, 0.1) is 5.92 Å². The van der Waals surface area contributed by atoms with Gasteiger partial charge in [0, 0.05) is 12.2 Å². The van der Waals surface area contributed by atoms with E-state index in [1.807, 2.05) is 0 Å². The Balaban J connectivity index is 0. The van der Waals surface area contributed by atoms with Crippen molar-refractivity contribution in [3.8, 4) is 0 Å². The molecule has 0 saturated heterocycles. The molecule has 0 saturated carbocycles. The molecule has 0 unspecified atom stereocenters. The Morgan fingerprint density at radius 3 is 1.31 bits per heavy atom. The van der Waals surface area contributed by atoms with Crippen molar-refractivity contribution in [2.24, 2.45) is 5.92 Å². The number of unbranched alkanes of at least 4 members (excludes halogenated alkanes) is 8. The van der Waals surface area contributed by atoms with Crippen LogP contribution in [-0.2, 0) is 19.2 Å². The zero-order chi connectivity index (χ0) is 20.4. The highest BCUT2D eigenvalue weighted by molar-refractivity contribution is 5.92. The minimum absolute atomic E-state index is 0.250. The highest BCUT2D eigenvalue weighted by atomic mass is 16.4. The zero-order valence-corrected chi connectivity index (χ0v) is 15.2. The molecule has 4 N–H and O–H groups in total. The standard InChI is InChI=1S/C14H26O4.C4H4O4/c1-2-3-4-5-6-7-8-9-10-11-12(13(15)16)14(17)18;5-3(6)1-2-4(7)8/h12H,2-11H2,1H3,(H,15,16)(H,17,18);1-2H,(H,5,6)(H,7,8)/b;2-1+. The second kappa shape index (κ2) is 17.4. The van der Waals surface area contributed by atoms with E-state index in [2.05, 4.69) is 6.92 Å². The lowest BCUT2D eigenvalue weighted by atomic mass is 10.00. The maximum atomic E-state index is 10.6. The third-order valence-corrected chi connectivity index (χ3v) is 3.56. The lowest BCUT2D eigenvalue weighted by molar-refractivity contribution is -0.155. The molecule has 0 aliphatic rings. The van der Waals surface area contributed by atoms with Gasteiger partial charge < -0.3 is 20.4 Å². The molecule has 0 rings (SSSR count). The van der Waals surface area contributed by atoms with Crippen LogP contribution in [0.2, 0.25) is 0 Å². The fourth-order valence-corrected chi connectivity index (χ4v) is 2.15. The Labute approximate surface area is 153 Å². The van der Waals surface area contributed by atoms with Gasteiger partial charge in [0.2, 0.25) is 0 Å². The Morgan fingerprint density at radius 2 is 1.00 bits per heavy atom. The van der Waals surface area contributed by atoms with Crippen molar-refractivity contribution in [2.45, 2.75) is 71.1 Å². The van der Waals surface area contributed by atoms with Gasteiger partial charge in [-0.15, -0.1) is 0 Å². The summed E-state index contributed by atoms with van der Waals surface area (Å²) in [5.41, 5.74) is 0. The van der Waals surface area contributed by atoms with Crippen LogP contribution in [0.5, 0.6) is 0 Å². The molecule has 150 valence electrons. The third-order valence-electron chi connectivity index (χ3n) is 3.56. The average molecular weight is 374 g/mol. The molecule has 0 aliphatic heterocycles. The van der Waals surface area contributed by atoms with Gasteiger partial charge in [0.15, 0.2) is 5.92 Å². The van der Waals surface area contributed by atoms with Crippen molar-refractivity contribution in [3.63, 3.8) is 0 Å². The van der Waals surface area contributed by atoms with Crippen molar-refractivity contribution in [2.75, 3.05) is 0 Å². The fraction of sp³-hybridized carbons (Fsp3) is 0.667. The summed E-state index contributed by atoms with van der Waals surface area (Å²) in [5.74, 6) is -6.18. The van der Waals surface area contributed by atoms with Gasteiger partial charge in [-0.3, -0.25) is 9.59 Å². The molecule has 0 aromatic carbocycles. The summed E-state index contributed by atoms with van der Waals surface area (Å²) in [4.78, 5) is 40.4. The Hall–Kier alpha value is -2.38. The van der Waals surface area contributed by atoms with Crippen LogP contribution in [0.15, 0.2) is 12.2 Å². The lowest BCUT2D eigenvalue weighted by Crippen LogP contribution is -2.23. The Bertz CT molecular complexity index is 426. The summed E-state index contributed by atoms with van der Waals surface area (Å²) in [7, 11) is 0. The van der Waals surface area contributed by atoms with Crippen LogP contribution in [-0.4, -0.2) is 44.3 Å². The molecular formula is C18H30O8. The molecular weight excluding hydrogens is 344 g/mol. The molecule has 0 aliphatic carbocycles. The first-order valence-electron chi connectivity index (χ1n) is 8.81. The lowest BCUT2D eigenvalue weighted by Gasteiger charge is -2.06. The predicted octanol–water partition coefficient (Wildman–Crippen LogP) is 3.40. The predicted molar refractivity (Wildman–Crippen MR) is 95.0 cm³/mol. The highest BCUT2D eigenvalue weighted by Gasteiger charge is 2.24. The number of carboxylic acids is 4. The molecule has 0 bridgehead atoms. The number of carboxylic acid groups (broad SMARTS) is 4. The van der Waals surface area contributed by atoms with Crippen molar-refractivity contribution in [1.82, 2.24) is 0 Å². The first kappa shape index (κ1) is 25.9. The smallest absolute Gasteiger partial charge is 0.328 e. The Kier molecular flexibility index (Phi) is 17.3. The minimum atomic E-state index is -1.26. The second-order valence-electron chi connectivity index (χ2n) is 5.86. The van der Waals surface area contributed by atoms with Crippen molar-refractivity contribution in [1.29, 1.82) is 0 Å². The monoisotopic (exact) mass is 374 g/mol. The summed E-state index contributed by atoms with van der Waals surface area (Å²) in [6.45, 7) is 2.20. The van der Waals surface area contributed by atoms with E-state index in [-0.39, 0.29) is 6.42 Å². The van der Waals surface area contributed by atoms with E-state index in [9.17, 15) is 19.2 Å². The van der Waals surface area contributed by atoms with Gasteiger partial charge >= 0.3 is 23.9 Å². The topological polar surface area (TPSA) is 149 Å². The molecule has 0 aromatic rings. The summed E-state index contributed by atoms with van der Waals surface area (Å²) in [6, 6.07) is 0. The summed E-state index contributed by atoms with van der Waals surface area (Å²) in [6.07, 6.45) is 11.6. The van der Waals surface area contributed by atoms with E-state index in [0.29, 0.717) is 18.6 Å². The molecule has 0 radical (unpaired) electrons. The maximum absolute atomic E-state index is 10.6. The van der Waals surface area contributed by atoms with Crippen molar-refractivity contribution >= 4 is 23.9 Å². The van der Waals surface area contributed by atoms with Crippen molar-refractivity contribution in [3.05, 3.63) is 12.2 Å². The number of rotatable bonds is 14. The number of hydrogen-bond donors (Lipinski definition) is 4. The number of hydrogen-bond acceptors (Lipinski definition) is 4. The maximum Gasteiger partial charge on any atom is 0.328 e. The van der Waals surface area contributed by atoms with Crippen LogP contribution >= 0.6 is 0 Å². The molecule has 0 spiro atoms. The summed E-state index contributed by atoms with van der Waals surface area (Å²) in [5, 5.41) is 33.0. The van der Waals surface area contributed by atoms with Gasteiger partial charge in [-0.1, -0.05) is 64.7 Å². The molecule has 0 fully saturated rings. The second-order valence-corrected chi connectivity index (χ2v) is 5.86. The molecule has 8 heteroatoms. The van der Waals surface area contributed by atoms with Gasteiger partial charge in [-0.05, 0) is 6.42 Å². The minimum Gasteiger partial charge on any atom is -0.481 e. The Morgan fingerprint density at radius 1 is 0.654 bits per heavy atom. The van der Waals surface area contributed by atoms with E-state index in [1.165, 1.54) is 38.5 Å². The van der Waals surface area contributed by atoms with Gasteiger partial charge in [0.05, 0.1) is 0 Å². The highest BCUT2D eigenvalue weighted by Crippen LogP contribution is 2.14. The molecule has 0 amide bonds. The van der Waals surface area contributed by atoms with E-state index in [4.69, 9.17) is 20.4 Å². The third kappa shape index (κ3) is 19.7. The summed E-state index contributed by atoms with van der Waals surface area (Å²) >= 11 is 0. The molecule has 8 nitrogen and oxygen atoms in total. The largest absolute Gasteiger partial charge is 0.481 e. The molecule has 0 aromatic heterocycles. The van der Waals surface area contributed by atoms with Crippen molar-refractivity contribution < 1.29 is 39.6 Å². The molecule has 26 heavy (non-hydrogen) atoms. The molecule has 0 atom stereocenters. The number of carbonyl (C=O) groups is 4. The molecule has 0 heterocycles.